The average Bonchev–Trinajstić information content (AvgIpc) is 2.82. The summed E-state index contributed by atoms with van der Waals surface area (Å²) >= 11 is 5.63. The van der Waals surface area contributed by atoms with Crippen molar-refractivity contribution >= 4 is 36.1 Å². The minimum atomic E-state index is -4.77. The number of rotatable bonds is 3. The zero-order valence-electron chi connectivity index (χ0n) is 13.1. The third kappa shape index (κ3) is 3.15. The van der Waals surface area contributed by atoms with E-state index in [1.165, 1.54) is 6.20 Å². The lowest BCUT2D eigenvalue weighted by atomic mass is 10.1. The summed E-state index contributed by atoms with van der Waals surface area (Å²) in [5, 5.41) is 2.74. The van der Waals surface area contributed by atoms with E-state index in [2.05, 4.69) is 20.3 Å². The number of anilines is 1. The molecule has 0 amide bonds. The Labute approximate surface area is 150 Å². The highest BCUT2D eigenvalue weighted by atomic mass is 35.5. The molecule has 4 heterocycles. The van der Waals surface area contributed by atoms with Crippen molar-refractivity contribution in [2.75, 3.05) is 18.0 Å². The number of nitrogens with one attached hydrogen (secondary N) is 1. The fraction of sp³-hybridized carbons (Fsp3) is 0.462. The normalized spacial score (nSPS) is 25.9. The molecule has 4 rings (SSSR count). The highest BCUT2D eigenvalue weighted by Gasteiger charge is 2.49. The van der Waals surface area contributed by atoms with E-state index < -0.39 is 30.6 Å². The summed E-state index contributed by atoms with van der Waals surface area (Å²) in [4.78, 5) is 30.9. The number of fused-ring (bicyclic) bond motifs is 3. The number of aromatic nitrogens is 3. The number of pyridine rings is 1. The van der Waals surface area contributed by atoms with Crippen LogP contribution in [0.15, 0.2) is 6.20 Å². The molecular weight excluding hydrogens is 395 g/mol. The first-order valence-corrected chi connectivity index (χ1v) is 9.53. The maximum absolute atomic E-state index is 14.2. The summed E-state index contributed by atoms with van der Waals surface area (Å²) in [6.45, 7) is 0.340. The van der Waals surface area contributed by atoms with E-state index >= 15 is 0 Å². The second-order valence-corrected chi connectivity index (χ2v) is 7.80. The molecule has 0 radical (unpaired) electrons. The Kier molecular flexibility index (Phi) is 4.14. The van der Waals surface area contributed by atoms with Crippen LogP contribution in [0.4, 0.5) is 14.6 Å². The van der Waals surface area contributed by atoms with Crippen LogP contribution in [0.25, 0.3) is 10.9 Å². The SMILES string of the molecule is O=P(O)(O)O[C@]12CC[C@@H](CN(c3nc(F)nc4c(F)c(Cl)ncc34)C1)N2. The summed E-state index contributed by atoms with van der Waals surface area (Å²) in [5.74, 6) is -0.909. The van der Waals surface area contributed by atoms with Gasteiger partial charge in [0.15, 0.2) is 11.0 Å². The van der Waals surface area contributed by atoms with Gasteiger partial charge >= 0.3 is 13.9 Å². The van der Waals surface area contributed by atoms with Gasteiger partial charge < -0.3 is 14.7 Å². The summed E-state index contributed by atoms with van der Waals surface area (Å²) in [7, 11) is -4.77. The average molecular weight is 408 g/mol. The van der Waals surface area contributed by atoms with Crippen LogP contribution in [0.5, 0.6) is 0 Å². The Balaban J connectivity index is 1.79. The zero-order valence-corrected chi connectivity index (χ0v) is 14.7. The molecule has 2 aliphatic heterocycles. The Bertz CT molecular complexity index is 946. The predicted octanol–water partition coefficient (Wildman–Crippen LogP) is 1.33. The van der Waals surface area contributed by atoms with Crippen molar-refractivity contribution in [3.63, 3.8) is 0 Å². The van der Waals surface area contributed by atoms with E-state index in [-0.39, 0.29) is 29.3 Å². The molecule has 2 saturated heterocycles. The molecule has 9 nitrogen and oxygen atoms in total. The Morgan fingerprint density at radius 1 is 1.42 bits per heavy atom. The Morgan fingerprint density at radius 2 is 2.19 bits per heavy atom. The maximum Gasteiger partial charge on any atom is 0.471 e. The monoisotopic (exact) mass is 407 g/mol. The third-order valence-corrected chi connectivity index (χ3v) is 5.29. The molecule has 0 spiro atoms. The van der Waals surface area contributed by atoms with Gasteiger partial charge in [-0.05, 0) is 12.8 Å². The van der Waals surface area contributed by atoms with Crippen molar-refractivity contribution in [3.05, 3.63) is 23.2 Å². The predicted molar refractivity (Wildman–Crippen MR) is 86.5 cm³/mol. The Hall–Kier alpha value is -1.49. The van der Waals surface area contributed by atoms with Crippen LogP contribution in [0.1, 0.15) is 12.8 Å². The third-order valence-electron chi connectivity index (χ3n) is 4.44. The molecule has 0 saturated carbocycles. The molecule has 0 aromatic carbocycles. The molecule has 26 heavy (non-hydrogen) atoms. The lowest BCUT2D eigenvalue weighted by Crippen LogP contribution is -2.60. The highest BCUT2D eigenvalue weighted by Crippen LogP contribution is 2.46. The van der Waals surface area contributed by atoms with E-state index in [0.29, 0.717) is 19.4 Å². The quantitative estimate of drug-likeness (QED) is 0.393. The Morgan fingerprint density at radius 3 is 2.92 bits per heavy atom. The molecule has 0 unspecified atom stereocenters. The first kappa shape index (κ1) is 17.9. The van der Waals surface area contributed by atoms with Gasteiger partial charge in [0.25, 0.3) is 0 Å². The van der Waals surface area contributed by atoms with Crippen LogP contribution in [0.3, 0.4) is 0 Å². The smallest absolute Gasteiger partial charge is 0.350 e. The first-order valence-electron chi connectivity index (χ1n) is 7.62. The van der Waals surface area contributed by atoms with E-state index in [0.717, 1.165) is 0 Å². The van der Waals surface area contributed by atoms with Crippen molar-refractivity contribution < 1.29 is 27.7 Å². The van der Waals surface area contributed by atoms with Crippen LogP contribution in [-0.2, 0) is 9.09 Å². The molecule has 2 aromatic rings. The lowest BCUT2D eigenvalue weighted by molar-refractivity contribution is 0.0152. The lowest BCUT2D eigenvalue weighted by Gasteiger charge is -2.41. The number of phosphoric ester groups is 1. The minimum absolute atomic E-state index is 0.0234. The van der Waals surface area contributed by atoms with Gasteiger partial charge in [0.2, 0.25) is 0 Å². The first-order chi connectivity index (χ1) is 12.2. The van der Waals surface area contributed by atoms with Gasteiger partial charge in [-0.15, -0.1) is 0 Å². The van der Waals surface area contributed by atoms with Crippen molar-refractivity contribution in [2.45, 2.75) is 24.6 Å². The molecular formula is C13H13ClF2N5O4P. The van der Waals surface area contributed by atoms with Gasteiger partial charge in [-0.1, -0.05) is 11.6 Å². The van der Waals surface area contributed by atoms with Gasteiger partial charge in [-0.2, -0.15) is 14.4 Å². The van der Waals surface area contributed by atoms with Gasteiger partial charge in [0, 0.05) is 18.8 Å². The summed E-state index contributed by atoms with van der Waals surface area (Å²) in [5.41, 5.74) is -1.63. The van der Waals surface area contributed by atoms with Crippen LogP contribution < -0.4 is 10.2 Å². The topological polar surface area (TPSA) is 121 Å². The van der Waals surface area contributed by atoms with E-state index in [9.17, 15) is 23.1 Å². The van der Waals surface area contributed by atoms with E-state index in [1.807, 2.05) is 0 Å². The van der Waals surface area contributed by atoms with Gasteiger partial charge in [0.1, 0.15) is 17.1 Å². The molecule has 0 aliphatic carbocycles. The second kappa shape index (κ2) is 6.01. The molecule has 2 atom stereocenters. The number of phosphoric acid groups is 1. The fourth-order valence-corrected chi connectivity index (χ4v) is 4.34. The fourth-order valence-electron chi connectivity index (χ4n) is 3.55. The minimum Gasteiger partial charge on any atom is -0.350 e. The van der Waals surface area contributed by atoms with Gasteiger partial charge in [0.05, 0.1) is 11.9 Å². The molecule has 13 heteroatoms. The molecule has 3 N–H and O–H groups in total. The highest BCUT2D eigenvalue weighted by molar-refractivity contribution is 7.46. The molecule has 2 fully saturated rings. The number of hydrogen-bond acceptors (Lipinski definition) is 7. The molecule has 2 aliphatic rings. The summed E-state index contributed by atoms with van der Waals surface area (Å²) in [6.07, 6.45) is 1.03. The van der Waals surface area contributed by atoms with E-state index in [1.54, 1.807) is 4.90 Å². The van der Waals surface area contributed by atoms with Crippen LogP contribution in [0.2, 0.25) is 5.15 Å². The zero-order chi connectivity index (χ0) is 18.7. The number of halogens is 3. The standard InChI is InChI=1S/C13H13ClF2N5O4P/c14-10-8(15)9-7(3-17-10)11(19-12(16)18-9)21-4-6-1-2-13(5-21,20-6)25-26(22,23)24/h3,6,20H,1-2,4-5H2,(H2,22,23,24)/t6-,13+/m0/s1. The second-order valence-electron chi connectivity index (χ2n) is 6.28. The maximum atomic E-state index is 14.2. The van der Waals surface area contributed by atoms with Crippen LogP contribution in [0, 0.1) is 11.9 Å². The summed E-state index contributed by atoms with van der Waals surface area (Å²) in [6, 6.07) is -0.159. The van der Waals surface area contributed by atoms with Gasteiger partial charge in [-0.3, -0.25) is 9.84 Å². The van der Waals surface area contributed by atoms with Crippen molar-refractivity contribution in [1.29, 1.82) is 0 Å². The van der Waals surface area contributed by atoms with Crippen LogP contribution >= 0.6 is 19.4 Å². The molecule has 2 aromatic heterocycles. The number of piperazine rings is 1. The number of nitrogens with zero attached hydrogens (tertiary/aromatic N) is 4. The number of hydrogen-bond donors (Lipinski definition) is 3. The van der Waals surface area contributed by atoms with E-state index in [4.69, 9.17) is 16.1 Å². The van der Waals surface area contributed by atoms with Crippen molar-refractivity contribution in [3.8, 4) is 0 Å². The summed E-state index contributed by atoms with van der Waals surface area (Å²) < 4.78 is 44.4. The molecule has 140 valence electrons. The van der Waals surface area contributed by atoms with Crippen molar-refractivity contribution in [2.24, 2.45) is 0 Å². The van der Waals surface area contributed by atoms with Crippen molar-refractivity contribution in [1.82, 2.24) is 20.3 Å². The van der Waals surface area contributed by atoms with Gasteiger partial charge in [-0.25, -0.2) is 13.9 Å². The largest absolute Gasteiger partial charge is 0.471 e. The molecule has 2 bridgehead atoms. The van der Waals surface area contributed by atoms with Crippen LogP contribution in [-0.4, -0.2) is 49.6 Å².